The van der Waals surface area contributed by atoms with Crippen molar-refractivity contribution in [2.45, 2.75) is 12.5 Å². The third-order valence-electron chi connectivity index (χ3n) is 3.00. The lowest BCUT2D eigenvalue weighted by molar-refractivity contribution is 0.383. The molecule has 15 heavy (non-hydrogen) atoms. The van der Waals surface area contributed by atoms with Crippen molar-refractivity contribution < 1.29 is 0 Å². The van der Waals surface area contributed by atoms with Gasteiger partial charge in [0.2, 0.25) is 0 Å². The van der Waals surface area contributed by atoms with Gasteiger partial charge < -0.3 is 5.32 Å². The van der Waals surface area contributed by atoms with Gasteiger partial charge in [-0.3, -0.25) is 0 Å². The van der Waals surface area contributed by atoms with Crippen molar-refractivity contribution in [3.63, 3.8) is 0 Å². The molecule has 0 saturated carbocycles. The molecule has 2 aromatic rings. The van der Waals surface area contributed by atoms with Crippen molar-refractivity contribution >= 4 is 23.2 Å². The lowest BCUT2D eigenvalue weighted by Gasteiger charge is -2.28. The Balaban J connectivity index is 0.000000853. The summed E-state index contributed by atoms with van der Waals surface area (Å²) >= 11 is 0. The first-order valence-corrected chi connectivity index (χ1v) is 5.15. The lowest BCUT2D eigenvalue weighted by Crippen LogP contribution is -2.34. The van der Waals surface area contributed by atoms with Crippen LogP contribution in [0.2, 0.25) is 0 Å². The van der Waals surface area contributed by atoms with Gasteiger partial charge in [0.15, 0.2) is 0 Å². The van der Waals surface area contributed by atoms with E-state index in [0.717, 1.165) is 6.54 Å². The van der Waals surface area contributed by atoms with E-state index in [0.29, 0.717) is 6.04 Å². The second-order valence-corrected chi connectivity index (χ2v) is 3.90. The molecule has 1 atom stereocenters. The van der Waals surface area contributed by atoms with Gasteiger partial charge in [0.1, 0.15) is 0 Å². The van der Waals surface area contributed by atoms with Crippen LogP contribution in [0.1, 0.15) is 18.0 Å². The highest BCUT2D eigenvalue weighted by Gasteiger charge is 2.17. The number of halogens is 1. The Labute approximate surface area is 95.9 Å². The Morgan fingerprint density at radius 1 is 1.00 bits per heavy atom. The normalized spacial score (nSPS) is 19.3. The number of hydrogen-bond donors (Lipinski definition) is 1. The van der Waals surface area contributed by atoms with Crippen LogP contribution in [0.5, 0.6) is 0 Å². The highest BCUT2D eigenvalue weighted by Crippen LogP contribution is 2.25. The van der Waals surface area contributed by atoms with Crippen molar-refractivity contribution in [3.05, 3.63) is 48.0 Å². The maximum absolute atomic E-state index is 3.43. The van der Waals surface area contributed by atoms with E-state index in [1.807, 2.05) is 0 Å². The second-order valence-electron chi connectivity index (χ2n) is 3.90. The first kappa shape index (κ1) is 10.5. The molecule has 2 aromatic carbocycles. The number of nitrogens with one attached hydrogen (secondary N) is 1. The minimum atomic E-state index is 0. The molecule has 0 radical (unpaired) electrons. The minimum Gasteiger partial charge on any atom is -0.310 e. The van der Waals surface area contributed by atoms with E-state index in [9.17, 15) is 0 Å². The number of rotatable bonds is 1. The van der Waals surface area contributed by atoms with Gasteiger partial charge in [-0.1, -0.05) is 36.4 Å². The predicted octanol–water partition coefficient (Wildman–Crippen LogP) is 3.30. The average molecular weight is 220 g/mol. The molecule has 0 aliphatic carbocycles. The summed E-state index contributed by atoms with van der Waals surface area (Å²) < 4.78 is 0. The summed E-state index contributed by atoms with van der Waals surface area (Å²) in [6, 6.07) is 15.9. The topological polar surface area (TPSA) is 12.0 Å². The summed E-state index contributed by atoms with van der Waals surface area (Å²) in [7, 11) is 0. The van der Waals surface area contributed by atoms with Crippen LogP contribution >= 0.6 is 12.4 Å². The smallest absolute Gasteiger partial charge is 0.0332 e. The standard InChI is InChI=1S/C13H13N.ClH/c1-2-4-11-9-12(13-7-8-14-13)6-5-10(11)3-1;/h1-6,9,13-14H,7-8H2;1H/t13-;/m1./s1. The molecule has 78 valence electrons. The molecule has 0 unspecified atom stereocenters. The molecule has 1 saturated heterocycles. The monoisotopic (exact) mass is 219 g/mol. The van der Waals surface area contributed by atoms with Crippen molar-refractivity contribution in [1.29, 1.82) is 0 Å². The van der Waals surface area contributed by atoms with Gasteiger partial charge in [0.05, 0.1) is 0 Å². The highest BCUT2D eigenvalue weighted by atomic mass is 35.5. The maximum Gasteiger partial charge on any atom is 0.0332 e. The molecule has 1 N–H and O–H groups in total. The summed E-state index contributed by atoms with van der Waals surface area (Å²) in [5.41, 5.74) is 1.43. The van der Waals surface area contributed by atoms with E-state index in [4.69, 9.17) is 0 Å². The van der Waals surface area contributed by atoms with Crippen LogP contribution in [0.25, 0.3) is 10.8 Å². The van der Waals surface area contributed by atoms with Gasteiger partial charge in [0, 0.05) is 6.04 Å². The van der Waals surface area contributed by atoms with Gasteiger partial charge in [-0.25, -0.2) is 0 Å². The molecule has 1 heterocycles. The van der Waals surface area contributed by atoms with Gasteiger partial charge in [-0.2, -0.15) is 0 Å². The van der Waals surface area contributed by atoms with E-state index < -0.39 is 0 Å². The Hall–Kier alpha value is -1.05. The van der Waals surface area contributed by atoms with Crippen molar-refractivity contribution in [2.75, 3.05) is 6.54 Å². The zero-order chi connectivity index (χ0) is 9.38. The largest absolute Gasteiger partial charge is 0.310 e. The fourth-order valence-corrected chi connectivity index (χ4v) is 2.00. The Kier molecular flexibility index (Phi) is 2.94. The maximum atomic E-state index is 3.43. The van der Waals surface area contributed by atoms with E-state index >= 15 is 0 Å². The second kappa shape index (κ2) is 4.21. The molecule has 2 heteroatoms. The molecular formula is C13H14ClN. The molecule has 0 spiro atoms. The molecule has 0 aromatic heterocycles. The molecule has 1 aliphatic heterocycles. The third kappa shape index (κ3) is 1.85. The molecule has 1 aliphatic rings. The van der Waals surface area contributed by atoms with Crippen molar-refractivity contribution in [2.24, 2.45) is 0 Å². The van der Waals surface area contributed by atoms with Crippen LogP contribution in [0.3, 0.4) is 0 Å². The van der Waals surface area contributed by atoms with Crippen molar-refractivity contribution in [3.8, 4) is 0 Å². The van der Waals surface area contributed by atoms with E-state index in [1.165, 1.54) is 22.8 Å². The fourth-order valence-electron chi connectivity index (χ4n) is 2.00. The summed E-state index contributed by atoms with van der Waals surface area (Å²) in [6.07, 6.45) is 1.28. The molecule has 1 fully saturated rings. The molecule has 0 amide bonds. The number of hydrogen-bond acceptors (Lipinski definition) is 1. The Bertz CT molecular complexity index is 463. The average Bonchev–Trinajstić information content (AvgIpc) is 2.15. The molecule has 1 nitrogen and oxygen atoms in total. The first-order valence-electron chi connectivity index (χ1n) is 5.15. The quantitative estimate of drug-likeness (QED) is 0.776. The minimum absolute atomic E-state index is 0. The highest BCUT2D eigenvalue weighted by molar-refractivity contribution is 5.85. The van der Waals surface area contributed by atoms with Gasteiger partial charge in [-0.05, 0) is 35.4 Å². The van der Waals surface area contributed by atoms with Gasteiger partial charge >= 0.3 is 0 Å². The van der Waals surface area contributed by atoms with E-state index in [1.54, 1.807) is 0 Å². The van der Waals surface area contributed by atoms with Crippen LogP contribution in [-0.4, -0.2) is 6.54 Å². The lowest BCUT2D eigenvalue weighted by atomic mass is 9.96. The number of benzene rings is 2. The molecule has 0 bridgehead atoms. The predicted molar refractivity (Wildman–Crippen MR) is 66.6 cm³/mol. The summed E-state index contributed by atoms with van der Waals surface area (Å²) in [6.45, 7) is 1.16. The zero-order valence-corrected chi connectivity index (χ0v) is 9.26. The fraction of sp³-hybridized carbons (Fsp3) is 0.231. The third-order valence-corrected chi connectivity index (χ3v) is 3.00. The van der Waals surface area contributed by atoms with Crippen LogP contribution in [0, 0.1) is 0 Å². The Morgan fingerprint density at radius 3 is 2.40 bits per heavy atom. The van der Waals surface area contributed by atoms with Crippen molar-refractivity contribution in [1.82, 2.24) is 5.32 Å². The Morgan fingerprint density at radius 2 is 1.73 bits per heavy atom. The SMILES string of the molecule is Cl.c1ccc2cc([C@H]3CCN3)ccc2c1. The zero-order valence-electron chi connectivity index (χ0n) is 8.44. The van der Waals surface area contributed by atoms with Gasteiger partial charge in [0.25, 0.3) is 0 Å². The van der Waals surface area contributed by atoms with Gasteiger partial charge in [-0.15, -0.1) is 12.4 Å². The summed E-state index contributed by atoms with van der Waals surface area (Å²) in [4.78, 5) is 0. The van der Waals surface area contributed by atoms with Crippen LogP contribution in [0.4, 0.5) is 0 Å². The van der Waals surface area contributed by atoms with Crippen LogP contribution < -0.4 is 5.32 Å². The van der Waals surface area contributed by atoms with Crippen LogP contribution in [0.15, 0.2) is 42.5 Å². The number of fused-ring (bicyclic) bond motifs is 1. The van der Waals surface area contributed by atoms with E-state index in [2.05, 4.69) is 47.8 Å². The van der Waals surface area contributed by atoms with E-state index in [-0.39, 0.29) is 12.4 Å². The first-order chi connectivity index (χ1) is 6.93. The molecule has 3 rings (SSSR count). The van der Waals surface area contributed by atoms with Crippen LogP contribution in [-0.2, 0) is 0 Å². The summed E-state index contributed by atoms with van der Waals surface area (Å²) in [5, 5.41) is 6.10. The summed E-state index contributed by atoms with van der Waals surface area (Å²) in [5.74, 6) is 0. The molecular weight excluding hydrogens is 206 g/mol.